The first kappa shape index (κ1) is 22.5. The van der Waals surface area contributed by atoms with Crippen molar-refractivity contribution < 1.29 is 58.9 Å². The molecule has 0 spiro atoms. The largest absolute Gasteiger partial charge is 0.446 e. The summed E-state index contributed by atoms with van der Waals surface area (Å²) in [7, 11) is 0. The molecule has 0 aromatic carbocycles. The summed E-state index contributed by atoms with van der Waals surface area (Å²) in [6.07, 6.45) is -22.5. The van der Waals surface area contributed by atoms with E-state index >= 15 is 0 Å². The van der Waals surface area contributed by atoms with Crippen LogP contribution in [0.2, 0.25) is 0 Å². The summed E-state index contributed by atoms with van der Waals surface area (Å²) in [5, 5.41) is 9.50. The molecule has 0 radical (unpaired) electrons. The fourth-order valence-electron chi connectivity index (χ4n) is 2.35. The normalized spacial score (nSPS) is 33.7. The van der Waals surface area contributed by atoms with E-state index in [1.54, 1.807) is 0 Å². The zero-order chi connectivity index (χ0) is 21.0. The lowest BCUT2D eigenvalue weighted by Gasteiger charge is -2.52. The Labute approximate surface area is 140 Å². The van der Waals surface area contributed by atoms with Gasteiger partial charge in [-0.15, -0.1) is 0 Å². The average Bonchev–Trinajstić information content (AvgIpc) is 2.33. The number of carbonyl (C=O) groups excluding carboxylic acids is 1. The summed E-state index contributed by atoms with van der Waals surface area (Å²) in [5.74, 6) is -6.75. The molecule has 0 aliphatic carbocycles. The minimum Gasteiger partial charge on any atom is -0.446 e. The smallest absolute Gasteiger partial charge is 0.443 e. The number of esters is 1. The Balaban J connectivity index is 3.66. The van der Waals surface area contributed by atoms with Crippen LogP contribution in [0.25, 0.3) is 0 Å². The van der Waals surface area contributed by atoms with Gasteiger partial charge in [-0.05, 0) is 13.8 Å². The van der Waals surface area contributed by atoms with Crippen molar-refractivity contribution >= 4 is 5.97 Å². The quantitative estimate of drug-likeness (QED) is 0.432. The summed E-state index contributed by atoms with van der Waals surface area (Å²) < 4.78 is 127. The van der Waals surface area contributed by atoms with Crippen molar-refractivity contribution in [2.45, 2.75) is 62.2 Å². The predicted octanol–water partition coefficient (Wildman–Crippen LogP) is 3.79. The number of halogens is 9. The van der Waals surface area contributed by atoms with E-state index in [0.29, 0.717) is 0 Å². The lowest BCUT2D eigenvalue weighted by atomic mass is 9.77. The van der Waals surface area contributed by atoms with Crippen LogP contribution in [0.3, 0.4) is 0 Å². The van der Waals surface area contributed by atoms with Crippen molar-refractivity contribution in [1.29, 1.82) is 0 Å². The number of alkyl halides is 9. The topological polar surface area (TPSA) is 55.8 Å². The minimum absolute atomic E-state index is 0.113. The van der Waals surface area contributed by atoms with E-state index in [-0.39, 0.29) is 6.92 Å². The van der Waals surface area contributed by atoms with Crippen LogP contribution in [-0.4, -0.2) is 46.6 Å². The van der Waals surface area contributed by atoms with Crippen LogP contribution in [0.1, 0.15) is 26.7 Å². The second-order valence-corrected chi connectivity index (χ2v) is 6.13. The number of rotatable bonds is 2. The third-order valence-electron chi connectivity index (χ3n) is 3.74. The van der Waals surface area contributed by atoms with Gasteiger partial charge in [-0.2, -0.15) is 39.5 Å². The highest BCUT2D eigenvalue weighted by molar-refractivity contribution is 5.87. The number of ether oxygens (including phenoxy) is 2. The molecule has 26 heavy (non-hydrogen) atoms. The fourth-order valence-corrected chi connectivity index (χ4v) is 2.35. The van der Waals surface area contributed by atoms with E-state index in [4.69, 9.17) is 0 Å². The second-order valence-electron chi connectivity index (χ2n) is 6.13. The standard InChI is InChI=1S/C13H13F9O4/c1-6(2)7(23)25-9(12(17,18)19)4-8(3,11(14,15)16)26-10(24,5-9)13(20,21)22/h24H,1,4-5H2,2-3H3. The Morgan fingerprint density at radius 1 is 1.00 bits per heavy atom. The molecule has 1 aliphatic heterocycles. The minimum atomic E-state index is -6.05. The lowest BCUT2D eigenvalue weighted by molar-refractivity contribution is -0.469. The maximum Gasteiger partial charge on any atom is 0.443 e. The Morgan fingerprint density at radius 2 is 1.46 bits per heavy atom. The van der Waals surface area contributed by atoms with Gasteiger partial charge >= 0.3 is 24.5 Å². The number of hydrogen-bond acceptors (Lipinski definition) is 4. The molecule has 1 saturated heterocycles. The van der Waals surface area contributed by atoms with E-state index in [2.05, 4.69) is 16.1 Å². The van der Waals surface area contributed by atoms with Crippen LogP contribution in [0.4, 0.5) is 39.5 Å². The van der Waals surface area contributed by atoms with Crippen LogP contribution >= 0.6 is 0 Å². The van der Waals surface area contributed by atoms with Gasteiger partial charge in [0.25, 0.3) is 5.79 Å². The maximum atomic E-state index is 13.5. The first-order chi connectivity index (χ1) is 11.2. The molecule has 152 valence electrons. The number of hydrogen-bond donors (Lipinski definition) is 1. The Bertz CT molecular complexity index is 564. The first-order valence-corrected chi connectivity index (χ1v) is 6.71. The molecule has 3 unspecified atom stereocenters. The van der Waals surface area contributed by atoms with Crippen molar-refractivity contribution in [3.8, 4) is 0 Å². The van der Waals surface area contributed by atoms with E-state index < -0.39 is 59.9 Å². The number of aliphatic hydroxyl groups is 1. The third-order valence-corrected chi connectivity index (χ3v) is 3.74. The molecule has 1 heterocycles. The van der Waals surface area contributed by atoms with Gasteiger partial charge in [0.15, 0.2) is 5.60 Å². The molecule has 13 heteroatoms. The zero-order valence-electron chi connectivity index (χ0n) is 13.2. The van der Waals surface area contributed by atoms with E-state index in [1.807, 2.05) is 0 Å². The Morgan fingerprint density at radius 3 is 1.77 bits per heavy atom. The number of carbonyl (C=O) groups is 1. The van der Waals surface area contributed by atoms with E-state index in [0.717, 1.165) is 6.92 Å². The second kappa shape index (κ2) is 6.01. The monoisotopic (exact) mass is 404 g/mol. The molecule has 3 atom stereocenters. The average molecular weight is 404 g/mol. The van der Waals surface area contributed by atoms with Gasteiger partial charge in [0.2, 0.25) is 5.60 Å². The van der Waals surface area contributed by atoms with Crippen molar-refractivity contribution in [1.82, 2.24) is 0 Å². The molecule has 1 rings (SSSR count). The summed E-state index contributed by atoms with van der Waals surface area (Å²) >= 11 is 0. The van der Waals surface area contributed by atoms with Crippen molar-refractivity contribution in [2.24, 2.45) is 0 Å². The highest BCUT2D eigenvalue weighted by Crippen LogP contribution is 2.57. The van der Waals surface area contributed by atoms with Crippen LogP contribution in [0.5, 0.6) is 0 Å². The molecular weight excluding hydrogens is 391 g/mol. The van der Waals surface area contributed by atoms with Crippen LogP contribution < -0.4 is 0 Å². The van der Waals surface area contributed by atoms with Crippen molar-refractivity contribution in [3.05, 3.63) is 12.2 Å². The van der Waals surface area contributed by atoms with Crippen LogP contribution in [0.15, 0.2) is 12.2 Å². The summed E-state index contributed by atoms with van der Waals surface area (Å²) in [6.45, 7) is 3.65. The molecular formula is C13H13F9O4. The molecule has 0 aromatic heterocycles. The molecule has 1 fully saturated rings. The first-order valence-electron chi connectivity index (χ1n) is 6.71. The molecule has 1 aliphatic rings. The zero-order valence-corrected chi connectivity index (χ0v) is 13.2. The molecule has 4 nitrogen and oxygen atoms in total. The molecule has 0 saturated carbocycles. The van der Waals surface area contributed by atoms with E-state index in [9.17, 15) is 49.4 Å². The highest BCUT2D eigenvalue weighted by atomic mass is 19.4. The summed E-state index contributed by atoms with van der Waals surface area (Å²) in [6, 6.07) is 0. The molecule has 0 amide bonds. The Kier molecular flexibility index (Phi) is 5.21. The van der Waals surface area contributed by atoms with Crippen molar-refractivity contribution in [3.63, 3.8) is 0 Å². The van der Waals surface area contributed by atoms with Gasteiger partial charge in [-0.3, -0.25) is 0 Å². The van der Waals surface area contributed by atoms with Crippen molar-refractivity contribution in [2.75, 3.05) is 0 Å². The molecule has 0 aromatic rings. The third kappa shape index (κ3) is 3.77. The van der Waals surface area contributed by atoms with Gasteiger partial charge in [0.1, 0.15) is 0 Å². The van der Waals surface area contributed by atoms with E-state index in [1.165, 1.54) is 0 Å². The highest BCUT2D eigenvalue weighted by Gasteiger charge is 2.77. The molecule has 0 bridgehead atoms. The lowest BCUT2D eigenvalue weighted by Crippen LogP contribution is -2.71. The maximum absolute atomic E-state index is 13.5. The van der Waals surface area contributed by atoms with Gasteiger partial charge in [-0.1, -0.05) is 6.58 Å². The van der Waals surface area contributed by atoms with Gasteiger partial charge in [0, 0.05) is 12.0 Å². The van der Waals surface area contributed by atoms with Gasteiger partial charge < -0.3 is 14.6 Å². The molecule has 1 N–H and O–H groups in total. The van der Waals surface area contributed by atoms with Crippen LogP contribution in [-0.2, 0) is 14.3 Å². The Hall–Kier alpha value is -1.50. The van der Waals surface area contributed by atoms with Crippen LogP contribution in [0, 0.1) is 0 Å². The van der Waals surface area contributed by atoms with Gasteiger partial charge in [0.05, 0.1) is 6.42 Å². The van der Waals surface area contributed by atoms with Gasteiger partial charge in [-0.25, -0.2) is 4.79 Å². The SMILES string of the molecule is C=C(C)C(=O)OC1(C(F)(F)F)CC(C)(C(F)(F)F)OC(O)(C(F)(F)F)C1. The predicted molar refractivity (Wildman–Crippen MR) is 65.5 cm³/mol. The summed E-state index contributed by atoms with van der Waals surface area (Å²) in [5.41, 5.74) is -9.15. The summed E-state index contributed by atoms with van der Waals surface area (Å²) in [4.78, 5) is 11.5. The fraction of sp³-hybridized carbons (Fsp3) is 0.769.